The Balaban J connectivity index is 2.70. The van der Waals surface area contributed by atoms with E-state index < -0.39 is 15.6 Å². The highest BCUT2D eigenvalue weighted by Crippen LogP contribution is 2.27. The van der Waals surface area contributed by atoms with Crippen LogP contribution in [0, 0.1) is 13.8 Å². The van der Waals surface area contributed by atoms with Crippen LogP contribution in [-0.2, 0) is 16.9 Å². The number of ketones is 1. The zero-order chi connectivity index (χ0) is 15.9. The van der Waals surface area contributed by atoms with Gasteiger partial charge in [0.25, 0.3) is 0 Å². The van der Waals surface area contributed by atoms with Gasteiger partial charge in [-0.2, -0.15) is 5.10 Å². The predicted octanol–water partition coefficient (Wildman–Crippen LogP) is 1.38. The zero-order valence-corrected chi connectivity index (χ0v) is 13.0. The molecule has 1 heterocycles. The molecular formula is C14H16N2O4S. The number of carbonyl (C=O) groups excluding carboxylic acids is 1. The van der Waals surface area contributed by atoms with Gasteiger partial charge in [-0.3, -0.25) is 4.79 Å². The molecule has 21 heavy (non-hydrogen) atoms. The van der Waals surface area contributed by atoms with E-state index in [1.165, 1.54) is 23.9 Å². The number of sulfone groups is 1. The summed E-state index contributed by atoms with van der Waals surface area (Å²) in [5.74, 6) is -0.837. The molecule has 2 aromatic rings. The van der Waals surface area contributed by atoms with Gasteiger partial charge in [-0.15, -0.1) is 0 Å². The third-order valence-corrected chi connectivity index (χ3v) is 4.34. The average molecular weight is 308 g/mol. The lowest BCUT2D eigenvalue weighted by Crippen LogP contribution is -2.10. The molecule has 0 amide bonds. The molecule has 0 saturated carbocycles. The predicted molar refractivity (Wildman–Crippen MR) is 77.3 cm³/mol. The first-order valence-electron chi connectivity index (χ1n) is 6.21. The van der Waals surface area contributed by atoms with E-state index in [1.54, 1.807) is 19.9 Å². The van der Waals surface area contributed by atoms with E-state index in [4.69, 9.17) is 0 Å². The lowest BCUT2D eigenvalue weighted by molar-refractivity contribution is 0.103. The van der Waals surface area contributed by atoms with Crippen molar-refractivity contribution in [3.63, 3.8) is 0 Å². The number of benzene rings is 1. The van der Waals surface area contributed by atoms with Crippen LogP contribution in [0.4, 0.5) is 0 Å². The average Bonchev–Trinajstić information content (AvgIpc) is 2.61. The van der Waals surface area contributed by atoms with Gasteiger partial charge in [0.15, 0.2) is 9.84 Å². The maximum Gasteiger partial charge on any atom is 0.220 e. The second-order valence-corrected chi connectivity index (χ2v) is 6.99. The number of aromatic hydroxyl groups is 1. The van der Waals surface area contributed by atoms with Gasteiger partial charge in [-0.1, -0.05) is 6.07 Å². The molecule has 0 aliphatic carbocycles. The number of nitrogens with zero attached hydrogens (tertiary/aromatic N) is 2. The summed E-state index contributed by atoms with van der Waals surface area (Å²) < 4.78 is 24.9. The minimum Gasteiger partial charge on any atom is -0.493 e. The van der Waals surface area contributed by atoms with Gasteiger partial charge in [0.2, 0.25) is 11.7 Å². The Morgan fingerprint density at radius 3 is 2.38 bits per heavy atom. The van der Waals surface area contributed by atoms with E-state index in [0.717, 1.165) is 11.8 Å². The SMILES string of the molecule is Cc1ccc(C(=O)c2c(C)nn(C)c2O)c(S(C)(=O)=O)c1. The highest BCUT2D eigenvalue weighted by Gasteiger charge is 2.26. The Hall–Kier alpha value is -2.15. The molecule has 0 aliphatic rings. The first-order valence-corrected chi connectivity index (χ1v) is 8.10. The Morgan fingerprint density at radius 1 is 1.29 bits per heavy atom. The Bertz CT molecular complexity index is 835. The van der Waals surface area contributed by atoms with Crippen LogP contribution in [0.1, 0.15) is 27.2 Å². The van der Waals surface area contributed by atoms with Crippen LogP contribution in [0.2, 0.25) is 0 Å². The second kappa shape index (κ2) is 5.00. The number of rotatable bonds is 3. The van der Waals surface area contributed by atoms with Crippen molar-refractivity contribution in [3.05, 3.63) is 40.6 Å². The molecule has 0 radical (unpaired) electrons. The van der Waals surface area contributed by atoms with Crippen LogP contribution in [0.3, 0.4) is 0 Å². The number of carbonyl (C=O) groups is 1. The first-order chi connectivity index (χ1) is 9.62. The van der Waals surface area contributed by atoms with Crippen LogP contribution in [0.15, 0.2) is 23.1 Å². The fraction of sp³-hybridized carbons (Fsp3) is 0.286. The molecule has 6 nitrogen and oxygen atoms in total. The molecule has 0 unspecified atom stereocenters. The molecule has 0 saturated heterocycles. The first kappa shape index (κ1) is 15.2. The van der Waals surface area contributed by atoms with Crippen LogP contribution < -0.4 is 0 Å². The van der Waals surface area contributed by atoms with Gasteiger partial charge in [-0.25, -0.2) is 13.1 Å². The summed E-state index contributed by atoms with van der Waals surface area (Å²) >= 11 is 0. The quantitative estimate of drug-likeness (QED) is 0.865. The minimum atomic E-state index is -3.56. The Morgan fingerprint density at radius 2 is 1.90 bits per heavy atom. The molecule has 1 N–H and O–H groups in total. The molecular weight excluding hydrogens is 292 g/mol. The highest BCUT2D eigenvalue weighted by molar-refractivity contribution is 7.90. The smallest absolute Gasteiger partial charge is 0.220 e. The largest absolute Gasteiger partial charge is 0.493 e. The number of hydrogen-bond donors (Lipinski definition) is 1. The third-order valence-electron chi connectivity index (χ3n) is 3.20. The molecule has 0 aliphatic heterocycles. The van der Waals surface area contributed by atoms with Crippen LogP contribution in [0.5, 0.6) is 5.88 Å². The summed E-state index contributed by atoms with van der Waals surface area (Å²) in [6, 6.07) is 4.57. The molecule has 0 spiro atoms. The van der Waals surface area contributed by atoms with E-state index in [2.05, 4.69) is 5.10 Å². The lowest BCUT2D eigenvalue weighted by Gasteiger charge is -2.08. The Labute approximate surface area is 123 Å². The van der Waals surface area contributed by atoms with Gasteiger partial charge >= 0.3 is 0 Å². The van der Waals surface area contributed by atoms with Crippen LogP contribution in [-0.4, -0.2) is 35.3 Å². The standard InChI is InChI=1S/C14H16N2O4S/c1-8-5-6-10(11(7-8)21(4,19)20)13(17)12-9(2)15-16(3)14(12)18/h5-7,18H,1-4H3. The number of hydrogen-bond acceptors (Lipinski definition) is 5. The molecule has 112 valence electrons. The van der Waals surface area contributed by atoms with Crippen molar-refractivity contribution in [2.45, 2.75) is 18.7 Å². The molecule has 0 fully saturated rings. The summed E-state index contributed by atoms with van der Waals surface area (Å²) in [7, 11) is -2.05. The topological polar surface area (TPSA) is 89.3 Å². The van der Waals surface area contributed by atoms with Crippen molar-refractivity contribution in [1.29, 1.82) is 0 Å². The van der Waals surface area contributed by atoms with Crippen molar-refractivity contribution in [1.82, 2.24) is 9.78 Å². The zero-order valence-electron chi connectivity index (χ0n) is 12.2. The summed E-state index contributed by atoms with van der Waals surface area (Å²) in [6.45, 7) is 3.33. The fourth-order valence-electron chi connectivity index (χ4n) is 2.17. The molecule has 0 atom stereocenters. The summed E-state index contributed by atoms with van der Waals surface area (Å²) in [6.07, 6.45) is 1.05. The van der Waals surface area contributed by atoms with E-state index in [9.17, 15) is 18.3 Å². The van der Waals surface area contributed by atoms with Crippen molar-refractivity contribution in [2.24, 2.45) is 7.05 Å². The molecule has 0 bridgehead atoms. The fourth-order valence-corrected chi connectivity index (χ4v) is 3.13. The Kier molecular flexibility index (Phi) is 3.63. The van der Waals surface area contributed by atoms with Crippen LogP contribution in [0.25, 0.3) is 0 Å². The van der Waals surface area contributed by atoms with Gasteiger partial charge in [0.1, 0.15) is 5.56 Å². The minimum absolute atomic E-state index is 0.0197. The van der Waals surface area contributed by atoms with Crippen molar-refractivity contribution >= 4 is 15.6 Å². The summed E-state index contributed by atoms with van der Waals surface area (Å²) in [4.78, 5) is 12.6. The van der Waals surface area contributed by atoms with E-state index in [1.807, 2.05) is 0 Å². The van der Waals surface area contributed by atoms with Gasteiger partial charge in [0, 0.05) is 18.9 Å². The maximum absolute atomic E-state index is 12.6. The van der Waals surface area contributed by atoms with E-state index in [0.29, 0.717) is 5.69 Å². The van der Waals surface area contributed by atoms with Crippen molar-refractivity contribution < 1.29 is 18.3 Å². The molecule has 7 heteroatoms. The number of aryl methyl sites for hydroxylation is 3. The van der Waals surface area contributed by atoms with Crippen LogP contribution >= 0.6 is 0 Å². The second-order valence-electron chi connectivity index (χ2n) is 5.01. The summed E-state index contributed by atoms with van der Waals surface area (Å²) in [5.41, 5.74) is 1.14. The normalized spacial score (nSPS) is 11.6. The van der Waals surface area contributed by atoms with E-state index in [-0.39, 0.29) is 21.9 Å². The maximum atomic E-state index is 12.6. The van der Waals surface area contributed by atoms with E-state index >= 15 is 0 Å². The van der Waals surface area contributed by atoms with Crippen molar-refractivity contribution in [3.8, 4) is 5.88 Å². The lowest BCUT2D eigenvalue weighted by atomic mass is 10.0. The van der Waals surface area contributed by atoms with Crippen molar-refractivity contribution in [2.75, 3.05) is 6.26 Å². The number of aromatic nitrogens is 2. The highest BCUT2D eigenvalue weighted by atomic mass is 32.2. The third kappa shape index (κ3) is 2.69. The van der Waals surface area contributed by atoms with Gasteiger partial charge in [0.05, 0.1) is 10.6 Å². The molecule has 2 rings (SSSR count). The molecule has 1 aromatic heterocycles. The van der Waals surface area contributed by atoms with Gasteiger partial charge < -0.3 is 5.11 Å². The summed E-state index contributed by atoms with van der Waals surface area (Å²) in [5, 5.41) is 13.9. The molecule has 1 aromatic carbocycles. The van der Waals surface area contributed by atoms with Gasteiger partial charge in [-0.05, 0) is 31.5 Å². The monoisotopic (exact) mass is 308 g/mol.